The van der Waals surface area contributed by atoms with E-state index in [9.17, 15) is 14.4 Å². The lowest BCUT2D eigenvalue weighted by Crippen LogP contribution is -2.61. The SMILES string of the molecule is CC(=O)OC1CC[C@@]2(C)C(=C[C@@H](c3ccc(C)o3)[C@@H]3C2C(OC(C)=O)C[C@@]2(C)[C@H]3CCC23CCC(=O)O3)C1. The molecule has 9 atom stereocenters. The van der Waals surface area contributed by atoms with E-state index in [1.165, 1.54) is 19.4 Å². The average Bonchev–Trinajstić information content (AvgIpc) is 3.51. The van der Waals surface area contributed by atoms with E-state index in [1.807, 2.05) is 13.0 Å². The maximum atomic E-state index is 12.5. The summed E-state index contributed by atoms with van der Waals surface area (Å²) in [5.74, 6) is 1.71. The fraction of sp³-hybridized carbons (Fsp3) is 0.710. The molecule has 0 amide bonds. The van der Waals surface area contributed by atoms with Crippen molar-refractivity contribution in [2.45, 2.75) is 110 Å². The Labute approximate surface area is 224 Å². The van der Waals surface area contributed by atoms with Gasteiger partial charge in [-0.1, -0.05) is 25.5 Å². The van der Waals surface area contributed by atoms with Gasteiger partial charge in [0.2, 0.25) is 0 Å². The fourth-order valence-electron chi connectivity index (χ4n) is 9.58. The summed E-state index contributed by atoms with van der Waals surface area (Å²) in [4.78, 5) is 36.8. The van der Waals surface area contributed by atoms with Crippen molar-refractivity contribution in [2.75, 3.05) is 0 Å². The van der Waals surface area contributed by atoms with E-state index in [2.05, 4.69) is 26.0 Å². The molecule has 4 aliphatic carbocycles. The number of carbonyl (C=O) groups excluding carboxylic acids is 3. The van der Waals surface area contributed by atoms with Crippen LogP contribution in [0.5, 0.6) is 0 Å². The second-order valence-corrected chi connectivity index (χ2v) is 13.0. The van der Waals surface area contributed by atoms with Gasteiger partial charge in [0, 0.05) is 43.9 Å². The lowest BCUT2D eigenvalue weighted by molar-refractivity contribution is -0.198. The third-order valence-electron chi connectivity index (χ3n) is 11.1. The molecule has 6 rings (SSSR count). The normalized spacial score (nSPS) is 43.5. The Balaban J connectivity index is 1.50. The first-order valence-corrected chi connectivity index (χ1v) is 14.3. The number of fused-ring (bicyclic) bond motifs is 6. The second kappa shape index (κ2) is 8.72. The summed E-state index contributed by atoms with van der Waals surface area (Å²) < 4.78 is 24.4. The molecule has 1 saturated heterocycles. The summed E-state index contributed by atoms with van der Waals surface area (Å²) in [6.45, 7) is 9.53. The van der Waals surface area contributed by atoms with E-state index in [4.69, 9.17) is 18.6 Å². The van der Waals surface area contributed by atoms with Crippen LogP contribution in [-0.4, -0.2) is 35.7 Å². The van der Waals surface area contributed by atoms with E-state index in [0.29, 0.717) is 25.2 Å². The van der Waals surface area contributed by atoms with Crippen LogP contribution in [0.25, 0.3) is 0 Å². The minimum Gasteiger partial charge on any atom is -0.466 e. The first-order valence-electron chi connectivity index (χ1n) is 14.3. The number of rotatable bonds is 3. The molecule has 2 heterocycles. The van der Waals surface area contributed by atoms with Crippen molar-refractivity contribution in [3.63, 3.8) is 0 Å². The third-order valence-corrected chi connectivity index (χ3v) is 11.1. The van der Waals surface area contributed by atoms with Crippen molar-refractivity contribution in [1.29, 1.82) is 0 Å². The smallest absolute Gasteiger partial charge is 0.306 e. The highest BCUT2D eigenvalue weighted by atomic mass is 16.6. The quantitative estimate of drug-likeness (QED) is 0.281. The largest absolute Gasteiger partial charge is 0.466 e. The summed E-state index contributed by atoms with van der Waals surface area (Å²) in [7, 11) is 0. The standard InChI is InChI=1S/C31H40O7/c1-17-6-7-24(35-17)22-15-20-14-21(36-18(2)32)8-11-29(20,4)28-25(37-19(3)33)16-30(5)23(27(22)28)9-12-31(30)13-10-26(34)38-31/h6-7,15,21-23,25,27-28H,8-14,16H2,1-5H3/t21?,22-,23-,25?,27-,28?,29-,30-,31?/m0/s1. The van der Waals surface area contributed by atoms with Gasteiger partial charge < -0.3 is 18.6 Å². The van der Waals surface area contributed by atoms with Crippen molar-refractivity contribution in [1.82, 2.24) is 0 Å². The first-order chi connectivity index (χ1) is 18.0. The van der Waals surface area contributed by atoms with Crippen LogP contribution >= 0.6 is 0 Å². The number of aryl methyl sites for hydroxylation is 1. The van der Waals surface area contributed by atoms with Crippen molar-refractivity contribution in [2.24, 2.45) is 28.6 Å². The highest BCUT2D eigenvalue weighted by Crippen LogP contribution is 2.71. The fourth-order valence-corrected chi connectivity index (χ4v) is 9.58. The number of hydrogen-bond donors (Lipinski definition) is 0. The molecule has 4 unspecified atom stereocenters. The monoisotopic (exact) mass is 524 g/mol. The van der Waals surface area contributed by atoms with Gasteiger partial charge in [-0.15, -0.1) is 0 Å². The van der Waals surface area contributed by atoms with Crippen LogP contribution in [0.4, 0.5) is 0 Å². The zero-order chi connectivity index (χ0) is 27.0. The van der Waals surface area contributed by atoms with Gasteiger partial charge in [0.05, 0.1) is 0 Å². The molecule has 1 aliphatic heterocycles. The highest BCUT2D eigenvalue weighted by Gasteiger charge is 2.71. The van der Waals surface area contributed by atoms with Crippen molar-refractivity contribution in [3.8, 4) is 0 Å². The van der Waals surface area contributed by atoms with Crippen LogP contribution in [0.15, 0.2) is 28.2 Å². The summed E-state index contributed by atoms with van der Waals surface area (Å²) >= 11 is 0. The van der Waals surface area contributed by atoms with Gasteiger partial charge in [0.15, 0.2) is 0 Å². The molecule has 0 bridgehead atoms. The van der Waals surface area contributed by atoms with Gasteiger partial charge in [-0.3, -0.25) is 14.4 Å². The third kappa shape index (κ3) is 3.70. The van der Waals surface area contributed by atoms with Crippen LogP contribution in [0.3, 0.4) is 0 Å². The molecule has 206 valence electrons. The van der Waals surface area contributed by atoms with E-state index in [-0.39, 0.29) is 58.7 Å². The molecular weight excluding hydrogens is 484 g/mol. The van der Waals surface area contributed by atoms with Crippen LogP contribution in [0, 0.1) is 35.5 Å². The predicted molar refractivity (Wildman–Crippen MR) is 138 cm³/mol. The van der Waals surface area contributed by atoms with Crippen molar-refractivity contribution >= 4 is 17.9 Å². The maximum Gasteiger partial charge on any atom is 0.306 e. The van der Waals surface area contributed by atoms with Crippen LogP contribution in [0.1, 0.15) is 96.5 Å². The van der Waals surface area contributed by atoms with Gasteiger partial charge in [-0.05, 0) is 74.8 Å². The number of hydrogen-bond acceptors (Lipinski definition) is 7. The minimum atomic E-state index is -0.500. The van der Waals surface area contributed by atoms with E-state index < -0.39 is 5.60 Å². The number of carbonyl (C=O) groups is 3. The van der Waals surface area contributed by atoms with E-state index in [1.54, 1.807) is 0 Å². The first kappa shape index (κ1) is 25.7. The summed E-state index contributed by atoms with van der Waals surface area (Å²) in [5.41, 5.74) is 0.288. The van der Waals surface area contributed by atoms with Crippen LogP contribution in [-0.2, 0) is 28.6 Å². The Morgan fingerprint density at radius 1 is 1.03 bits per heavy atom. The Kier molecular flexibility index (Phi) is 5.90. The zero-order valence-electron chi connectivity index (χ0n) is 23.2. The predicted octanol–water partition coefficient (Wildman–Crippen LogP) is 5.79. The Hall–Kier alpha value is -2.57. The summed E-state index contributed by atoms with van der Waals surface area (Å²) in [6.07, 6.45) is 7.98. The zero-order valence-corrected chi connectivity index (χ0v) is 23.2. The molecule has 4 fully saturated rings. The van der Waals surface area contributed by atoms with Crippen LogP contribution in [0.2, 0.25) is 0 Å². The lowest BCUT2D eigenvalue weighted by atomic mass is 9.44. The van der Waals surface area contributed by atoms with E-state index in [0.717, 1.165) is 43.6 Å². The van der Waals surface area contributed by atoms with E-state index >= 15 is 0 Å². The molecule has 3 saturated carbocycles. The Bertz CT molecular complexity index is 1200. The van der Waals surface area contributed by atoms with Crippen molar-refractivity contribution < 1.29 is 33.0 Å². The molecule has 5 aliphatic rings. The molecule has 1 aromatic rings. The van der Waals surface area contributed by atoms with Gasteiger partial charge in [-0.2, -0.15) is 0 Å². The molecule has 0 N–H and O–H groups in total. The number of ether oxygens (including phenoxy) is 3. The molecule has 38 heavy (non-hydrogen) atoms. The van der Waals surface area contributed by atoms with Crippen molar-refractivity contribution in [3.05, 3.63) is 35.3 Å². The molecule has 1 spiro atoms. The molecule has 7 heteroatoms. The van der Waals surface area contributed by atoms with Gasteiger partial charge in [-0.25, -0.2) is 0 Å². The minimum absolute atomic E-state index is 0.00258. The van der Waals surface area contributed by atoms with Gasteiger partial charge in [0.1, 0.15) is 29.3 Å². The molecule has 0 radical (unpaired) electrons. The van der Waals surface area contributed by atoms with Gasteiger partial charge >= 0.3 is 17.9 Å². The van der Waals surface area contributed by atoms with Crippen LogP contribution < -0.4 is 0 Å². The number of allylic oxidation sites excluding steroid dienone is 1. The Morgan fingerprint density at radius 3 is 2.42 bits per heavy atom. The highest BCUT2D eigenvalue weighted by molar-refractivity contribution is 5.72. The average molecular weight is 525 g/mol. The number of esters is 3. The topological polar surface area (TPSA) is 92.0 Å². The maximum absolute atomic E-state index is 12.5. The lowest BCUT2D eigenvalue weighted by Gasteiger charge is -2.62. The van der Waals surface area contributed by atoms with Gasteiger partial charge in [0.25, 0.3) is 0 Å². The summed E-state index contributed by atoms with van der Waals surface area (Å²) in [5, 5.41) is 0. The molecular formula is C31H40O7. The molecule has 1 aromatic heterocycles. The second-order valence-electron chi connectivity index (χ2n) is 13.0. The molecule has 0 aromatic carbocycles. The number of furan rings is 1. The Morgan fingerprint density at radius 2 is 1.79 bits per heavy atom. The molecule has 7 nitrogen and oxygen atoms in total. The summed E-state index contributed by atoms with van der Waals surface area (Å²) in [6, 6.07) is 4.09.